The molecule has 1 aromatic carbocycles. The SMILES string of the molecule is CC(C#N)NCC(C)(C)c1ccc2oc(=O)[nH]c2c1. The lowest BCUT2D eigenvalue weighted by Gasteiger charge is -2.26. The predicted octanol–water partition coefficient (Wildman–Crippen LogP) is 1.90. The quantitative estimate of drug-likeness (QED) is 0.878. The Hall–Kier alpha value is -2.06. The smallest absolute Gasteiger partial charge is 0.408 e. The van der Waals surface area contributed by atoms with Crippen LogP contribution in [0.2, 0.25) is 0 Å². The van der Waals surface area contributed by atoms with Gasteiger partial charge in [0.15, 0.2) is 5.58 Å². The van der Waals surface area contributed by atoms with E-state index in [1.54, 1.807) is 6.07 Å². The van der Waals surface area contributed by atoms with Gasteiger partial charge in [0, 0.05) is 12.0 Å². The molecule has 1 atom stereocenters. The maximum Gasteiger partial charge on any atom is 0.417 e. The number of nitrogens with one attached hydrogen (secondary N) is 2. The molecule has 2 N–H and O–H groups in total. The minimum Gasteiger partial charge on any atom is -0.408 e. The minimum absolute atomic E-state index is 0.145. The number of benzene rings is 1. The van der Waals surface area contributed by atoms with Gasteiger partial charge in [0.2, 0.25) is 0 Å². The maximum absolute atomic E-state index is 11.1. The third kappa shape index (κ3) is 2.85. The van der Waals surface area contributed by atoms with Gasteiger partial charge in [0.1, 0.15) is 0 Å². The van der Waals surface area contributed by atoms with Crippen molar-refractivity contribution >= 4 is 11.1 Å². The molecule has 5 nitrogen and oxygen atoms in total. The lowest BCUT2D eigenvalue weighted by molar-refractivity contribution is 0.457. The molecule has 0 amide bonds. The molecule has 2 rings (SSSR count). The van der Waals surface area contributed by atoms with E-state index in [2.05, 4.69) is 30.2 Å². The largest absolute Gasteiger partial charge is 0.417 e. The van der Waals surface area contributed by atoms with E-state index in [1.807, 2.05) is 19.1 Å². The third-order valence-corrected chi connectivity index (χ3v) is 3.24. The highest BCUT2D eigenvalue weighted by Gasteiger charge is 2.22. The molecule has 1 unspecified atom stereocenters. The van der Waals surface area contributed by atoms with Gasteiger partial charge in [0.25, 0.3) is 0 Å². The molecule has 1 heterocycles. The monoisotopic (exact) mass is 259 g/mol. The molecule has 0 aliphatic heterocycles. The van der Waals surface area contributed by atoms with E-state index in [4.69, 9.17) is 9.68 Å². The summed E-state index contributed by atoms with van der Waals surface area (Å²) in [6, 6.07) is 7.61. The molecule has 5 heteroatoms. The van der Waals surface area contributed by atoms with Crippen molar-refractivity contribution in [2.24, 2.45) is 0 Å². The van der Waals surface area contributed by atoms with Crippen LogP contribution in [0.5, 0.6) is 0 Å². The standard InChI is InChI=1S/C14H17N3O2/c1-9(7-15)16-8-14(2,3)10-4-5-12-11(6-10)17-13(18)19-12/h4-6,9,16H,8H2,1-3H3,(H,17,18). The van der Waals surface area contributed by atoms with E-state index in [0.29, 0.717) is 17.6 Å². The van der Waals surface area contributed by atoms with Crippen molar-refractivity contribution in [2.75, 3.05) is 6.54 Å². The topological polar surface area (TPSA) is 81.8 Å². The number of nitriles is 1. The van der Waals surface area contributed by atoms with E-state index < -0.39 is 5.76 Å². The zero-order chi connectivity index (χ0) is 14.0. The highest BCUT2D eigenvalue weighted by molar-refractivity contribution is 5.73. The number of oxazole rings is 1. The van der Waals surface area contributed by atoms with E-state index in [0.717, 1.165) is 5.56 Å². The van der Waals surface area contributed by atoms with E-state index in [1.165, 1.54) is 0 Å². The van der Waals surface area contributed by atoms with Crippen molar-refractivity contribution in [3.8, 4) is 6.07 Å². The Morgan fingerprint density at radius 2 is 2.26 bits per heavy atom. The van der Waals surface area contributed by atoms with Crippen LogP contribution in [-0.2, 0) is 5.41 Å². The first-order valence-electron chi connectivity index (χ1n) is 6.19. The molecule has 0 saturated carbocycles. The van der Waals surface area contributed by atoms with Crippen molar-refractivity contribution in [1.29, 1.82) is 5.26 Å². The fraction of sp³-hybridized carbons (Fsp3) is 0.429. The fourth-order valence-corrected chi connectivity index (χ4v) is 1.93. The lowest BCUT2D eigenvalue weighted by Crippen LogP contribution is -2.37. The van der Waals surface area contributed by atoms with Crippen molar-refractivity contribution in [2.45, 2.75) is 32.2 Å². The Balaban J connectivity index is 2.26. The Kier molecular flexibility index (Phi) is 3.45. The second-order valence-electron chi connectivity index (χ2n) is 5.34. The minimum atomic E-state index is -0.443. The number of hydrogen-bond acceptors (Lipinski definition) is 4. The number of aromatic amines is 1. The zero-order valence-corrected chi connectivity index (χ0v) is 11.3. The molecule has 100 valence electrons. The summed E-state index contributed by atoms with van der Waals surface area (Å²) in [7, 11) is 0. The number of rotatable bonds is 4. The highest BCUT2D eigenvalue weighted by Crippen LogP contribution is 2.25. The molecular weight excluding hydrogens is 242 g/mol. The van der Waals surface area contributed by atoms with Gasteiger partial charge in [-0.05, 0) is 24.6 Å². The molecule has 0 spiro atoms. The molecule has 0 saturated heterocycles. The maximum atomic E-state index is 11.1. The van der Waals surface area contributed by atoms with Crippen molar-refractivity contribution in [1.82, 2.24) is 10.3 Å². The van der Waals surface area contributed by atoms with Crippen molar-refractivity contribution in [3.05, 3.63) is 34.3 Å². The number of nitrogens with zero attached hydrogens (tertiary/aromatic N) is 1. The first kappa shape index (κ1) is 13.4. The number of fused-ring (bicyclic) bond motifs is 1. The van der Waals surface area contributed by atoms with Gasteiger partial charge in [0.05, 0.1) is 17.6 Å². The Bertz CT molecular complexity index is 676. The first-order valence-corrected chi connectivity index (χ1v) is 6.19. The Morgan fingerprint density at radius 3 is 2.95 bits per heavy atom. The predicted molar refractivity (Wildman–Crippen MR) is 72.9 cm³/mol. The van der Waals surface area contributed by atoms with Crippen LogP contribution in [0.3, 0.4) is 0 Å². The Morgan fingerprint density at radius 1 is 1.53 bits per heavy atom. The van der Waals surface area contributed by atoms with E-state index in [-0.39, 0.29) is 11.5 Å². The summed E-state index contributed by atoms with van der Waals surface area (Å²) in [5.41, 5.74) is 2.19. The highest BCUT2D eigenvalue weighted by atomic mass is 16.4. The summed E-state index contributed by atoms with van der Waals surface area (Å²) >= 11 is 0. The summed E-state index contributed by atoms with van der Waals surface area (Å²) in [6.07, 6.45) is 0. The van der Waals surface area contributed by atoms with Crippen molar-refractivity contribution in [3.63, 3.8) is 0 Å². The average Bonchev–Trinajstić information content (AvgIpc) is 2.74. The molecule has 0 aliphatic carbocycles. The van der Waals surface area contributed by atoms with Crippen LogP contribution in [0.1, 0.15) is 26.3 Å². The summed E-state index contributed by atoms with van der Waals surface area (Å²) in [6.45, 7) is 6.68. The van der Waals surface area contributed by atoms with Crippen LogP contribution >= 0.6 is 0 Å². The lowest BCUT2D eigenvalue weighted by atomic mass is 9.84. The zero-order valence-electron chi connectivity index (χ0n) is 11.3. The summed E-state index contributed by atoms with van der Waals surface area (Å²) in [5, 5.41) is 11.9. The molecule has 1 aromatic heterocycles. The van der Waals surface area contributed by atoms with Gasteiger partial charge in [-0.3, -0.25) is 4.98 Å². The normalized spacial score (nSPS) is 13.4. The van der Waals surface area contributed by atoms with Gasteiger partial charge in [-0.2, -0.15) is 5.26 Å². The van der Waals surface area contributed by atoms with Crippen LogP contribution < -0.4 is 11.1 Å². The number of H-pyrrole nitrogens is 1. The molecule has 2 aromatic rings. The second-order valence-corrected chi connectivity index (χ2v) is 5.34. The summed E-state index contributed by atoms with van der Waals surface area (Å²) in [5.74, 6) is -0.443. The second kappa shape index (κ2) is 4.90. The van der Waals surface area contributed by atoms with Crippen LogP contribution in [0.15, 0.2) is 27.4 Å². The van der Waals surface area contributed by atoms with Crippen LogP contribution in [0.4, 0.5) is 0 Å². The van der Waals surface area contributed by atoms with Crippen LogP contribution in [-0.4, -0.2) is 17.6 Å². The Labute approximate surface area is 111 Å². The third-order valence-electron chi connectivity index (χ3n) is 3.24. The van der Waals surface area contributed by atoms with Crippen LogP contribution in [0.25, 0.3) is 11.1 Å². The molecule has 0 radical (unpaired) electrons. The van der Waals surface area contributed by atoms with Gasteiger partial charge in [-0.25, -0.2) is 4.79 Å². The van der Waals surface area contributed by atoms with E-state index >= 15 is 0 Å². The molecular formula is C14H17N3O2. The molecule has 19 heavy (non-hydrogen) atoms. The first-order chi connectivity index (χ1) is 8.92. The average molecular weight is 259 g/mol. The van der Waals surface area contributed by atoms with Gasteiger partial charge >= 0.3 is 5.76 Å². The van der Waals surface area contributed by atoms with Gasteiger partial charge in [-0.1, -0.05) is 19.9 Å². The number of aromatic nitrogens is 1. The van der Waals surface area contributed by atoms with Gasteiger partial charge < -0.3 is 9.73 Å². The van der Waals surface area contributed by atoms with Crippen LogP contribution in [0, 0.1) is 11.3 Å². The fourth-order valence-electron chi connectivity index (χ4n) is 1.93. The summed E-state index contributed by atoms with van der Waals surface area (Å²) < 4.78 is 4.98. The number of hydrogen-bond donors (Lipinski definition) is 2. The molecule has 0 fully saturated rings. The molecule has 0 bridgehead atoms. The van der Waals surface area contributed by atoms with E-state index in [9.17, 15) is 4.79 Å². The van der Waals surface area contributed by atoms with Crippen molar-refractivity contribution < 1.29 is 4.42 Å². The summed E-state index contributed by atoms with van der Waals surface area (Å²) in [4.78, 5) is 13.8. The van der Waals surface area contributed by atoms with Gasteiger partial charge in [-0.15, -0.1) is 0 Å². The molecule has 0 aliphatic rings.